The molecule has 0 heterocycles. The van der Waals surface area contributed by atoms with Gasteiger partial charge in [-0.15, -0.1) is 0 Å². The Kier molecular flexibility index (Phi) is 9.46. The maximum absolute atomic E-state index is 10.3. The second-order valence-electron chi connectivity index (χ2n) is 2.57. The molecule has 1 aromatic carbocycles. The Morgan fingerprint density at radius 1 is 1.07 bits per heavy atom. The summed E-state index contributed by atoms with van der Waals surface area (Å²) >= 11 is 0. The maximum atomic E-state index is 10.3. The summed E-state index contributed by atoms with van der Waals surface area (Å²) in [6.07, 6.45) is 0.0160. The molecule has 0 aliphatic rings. The van der Waals surface area contributed by atoms with Gasteiger partial charge in [0.1, 0.15) is 0 Å². The van der Waals surface area contributed by atoms with Crippen LogP contribution in [0, 0.1) is 0 Å². The van der Waals surface area contributed by atoms with E-state index in [-0.39, 0.29) is 43.9 Å². The Bertz CT molecular complexity index is 286. The van der Waals surface area contributed by atoms with Crippen LogP contribution in [0.2, 0.25) is 0 Å². The van der Waals surface area contributed by atoms with E-state index in [0.29, 0.717) is 6.42 Å². The fraction of sp³-hybridized carbons (Fsp3) is 0.250. The molecule has 0 amide bonds. The molecule has 1 aromatic rings. The fourth-order valence-electron chi connectivity index (χ4n) is 0.911. The van der Waals surface area contributed by atoms with Crippen LogP contribution in [0.5, 0.6) is 0 Å². The van der Waals surface area contributed by atoms with Gasteiger partial charge in [0.05, 0.1) is 0 Å². The molecule has 0 radical (unpaired) electrons. The molecule has 0 N–H and O–H groups in total. The van der Waals surface area contributed by atoms with Crippen molar-refractivity contribution < 1.29 is 52.1 Å². The van der Waals surface area contributed by atoms with Crippen molar-refractivity contribution >= 4 is 7.60 Å². The summed E-state index contributed by atoms with van der Waals surface area (Å²) in [5.41, 5.74) is 0.879. The predicted molar refractivity (Wildman–Crippen MR) is 42.6 cm³/mol. The molecule has 6 heteroatoms. The normalized spacial score (nSPS) is 9.86. The van der Waals surface area contributed by atoms with Crippen molar-refractivity contribution in [1.29, 1.82) is 0 Å². The number of hydrogen-bond acceptors (Lipinski definition) is 3. The van der Waals surface area contributed by atoms with Crippen molar-refractivity contribution in [2.24, 2.45) is 0 Å². The van der Waals surface area contributed by atoms with E-state index in [1.165, 1.54) is 0 Å². The van der Waals surface area contributed by atoms with Crippen LogP contribution in [0.1, 0.15) is 5.56 Å². The van der Waals surface area contributed by atoms with Gasteiger partial charge in [-0.3, -0.25) is 0 Å². The SMILES string of the molecule is O=P([O-])([O-])CCc1ccccc1.[Li+].[Li+]. The summed E-state index contributed by atoms with van der Waals surface area (Å²) in [6, 6.07) is 9.08. The van der Waals surface area contributed by atoms with E-state index in [0.717, 1.165) is 5.56 Å². The molecule has 0 spiro atoms. The number of benzene rings is 1. The second-order valence-corrected chi connectivity index (χ2v) is 4.24. The van der Waals surface area contributed by atoms with Crippen molar-refractivity contribution in [1.82, 2.24) is 0 Å². The minimum atomic E-state index is -4.33. The molecule has 0 aliphatic carbocycles. The minimum absolute atomic E-state index is 0. The van der Waals surface area contributed by atoms with Crippen LogP contribution < -0.4 is 47.5 Å². The first kappa shape index (κ1) is 17.0. The van der Waals surface area contributed by atoms with Gasteiger partial charge in [-0.05, 0) is 18.1 Å². The fourth-order valence-corrected chi connectivity index (χ4v) is 1.44. The zero-order valence-electron chi connectivity index (χ0n) is 8.47. The molecule has 14 heavy (non-hydrogen) atoms. The van der Waals surface area contributed by atoms with Crippen molar-refractivity contribution in [3.63, 3.8) is 0 Å². The molecular formula is C8H9Li2O3P. The van der Waals surface area contributed by atoms with Gasteiger partial charge < -0.3 is 14.4 Å². The van der Waals surface area contributed by atoms with E-state index in [1.54, 1.807) is 12.1 Å². The molecule has 3 nitrogen and oxygen atoms in total. The monoisotopic (exact) mass is 198 g/mol. The van der Waals surface area contributed by atoms with Crippen LogP contribution in [-0.4, -0.2) is 6.16 Å². The van der Waals surface area contributed by atoms with Gasteiger partial charge in [0.15, 0.2) is 0 Å². The Morgan fingerprint density at radius 2 is 1.57 bits per heavy atom. The average molecular weight is 198 g/mol. The number of hydrogen-bond donors (Lipinski definition) is 0. The van der Waals surface area contributed by atoms with Crippen molar-refractivity contribution in [2.75, 3.05) is 6.16 Å². The zero-order chi connectivity index (χ0) is 9.03. The van der Waals surface area contributed by atoms with Crippen molar-refractivity contribution in [3.05, 3.63) is 35.9 Å². The van der Waals surface area contributed by atoms with Gasteiger partial charge in [-0.1, -0.05) is 37.9 Å². The molecule has 0 aromatic heterocycles. The van der Waals surface area contributed by atoms with Gasteiger partial charge in [-0.25, -0.2) is 0 Å². The first-order chi connectivity index (χ1) is 5.58. The Morgan fingerprint density at radius 3 is 2.00 bits per heavy atom. The van der Waals surface area contributed by atoms with Crippen LogP contribution in [0.3, 0.4) is 0 Å². The standard InChI is InChI=1S/C8H11O3P.2Li/c9-12(10,11)7-6-8-4-2-1-3-5-8;;/h1-5H,6-7H2,(H2,9,10,11);;/q;2*+1/p-2. The molecule has 1 rings (SSSR count). The van der Waals surface area contributed by atoms with E-state index in [1.807, 2.05) is 18.2 Å². The summed E-state index contributed by atoms with van der Waals surface area (Å²) in [5, 5.41) is 0. The molecule has 0 fully saturated rings. The summed E-state index contributed by atoms with van der Waals surface area (Å²) in [4.78, 5) is 20.6. The smallest absolute Gasteiger partial charge is 0.811 e. The third-order valence-electron chi connectivity index (χ3n) is 1.52. The summed E-state index contributed by atoms with van der Waals surface area (Å²) in [6.45, 7) is 0. The second kappa shape index (κ2) is 7.80. The summed E-state index contributed by atoms with van der Waals surface area (Å²) in [5.74, 6) is 0. The molecule has 0 saturated heterocycles. The van der Waals surface area contributed by atoms with E-state index < -0.39 is 7.60 Å². The third-order valence-corrected chi connectivity index (χ3v) is 2.29. The van der Waals surface area contributed by atoms with Crippen LogP contribution in [-0.2, 0) is 11.0 Å². The minimum Gasteiger partial charge on any atom is -0.811 e. The van der Waals surface area contributed by atoms with E-state index in [2.05, 4.69) is 0 Å². The van der Waals surface area contributed by atoms with Crippen LogP contribution in [0.4, 0.5) is 0 Å². The molecule has 0 aliphatic heterocycles. The number of aryl methyl sites for hydroxylation is 1. The van der Waals surface area contributed by atoms with Gasteiger partial charge in [-0.2, -0.15) is 0 Å². The average Bonchev–Trinajstić information content (AvgIpc) is 2.02. The van der Waals surface area contributed by atoms with Crippen LogP contribution in [0.25, 0.3) is 0 Å². The largest absolute Gasteiger partial charge is 1.00 e. The Labute approximate surface area is 108 Å². The van der Waals surface area contributed by atoms with E-state index in [4.69, 9.17) is 0 Å². The van der Waals surface area contributed by atoms with Crippen molar-refractivity contribution in [3.8, 4) is 0 Å². The van der Waals surface area contributed by atoms with Gasteiger partial charge in [0, 0.05) is 0 Å². The Hall–Kier alpha value is 0.565. The third kappa shape index (κ3) is 7.92. The molecular weight excluding hydrogens is 189 g/mol. The molecule has 66 valence electrons. The Balaban J connectivity index is 0. The van der Waals surface area contributed by atoms with Crippen LogP contribution in [0.15, 0.2) is 30.3 Å². The molecule has 0 unspecified atom stereocenters. The van der Waals surface area contributed by atoms with Gasteiger partial charge in [0.25, 0.3) is 0 Å². The summed E-state index contributed by atoms with van der Waals surface area (Å²) in [7, 11) is -4.33. The molecule has 0 atom stereocenters. The number of rotatable bonds is 3. The maximum Gasteiger partial charge on any atom is 1.00 e. The topological polar surface area (TPSA) is 63.2 Å². The zero-order valence-corrected chi connectivity index (χ0v) is 9.37. The van der Waals surface area contributed by atoms with Gasteiger partial charge >= 0.3 is 37.7 Å². The van der Waals surface area contributed by atoms with E-state index >= 15 is 0 Å². The quantitative estimate of drug-likeness (QED) is 0.359. The first-order valence-electron chi connectivity index (χ1n) is 3.63. The first-order valence-corrected chi connectivity index (χ1v) is 5.36. The molecule has 0 saturated carbocycles. The van der Waals surface area contributed by atoms with Crippen molar-refractivity contribution in [2.45, 2.75) is 6.42 Å². The van der Waals surface area contributed by atoms with E-state index in [9.17, 15) is 14.4 Å². The van der Waals surface area contributed by atoms with Gasteiger partial charge in [0.2, 0.25) is 0 Å². The predicted octanol–water partition coefficient (Wildman–Crippen LogP) is -5.85. The van der Waals surface area contributed by atoms with Crippen LogP contribution >= 0.6 is 7.60 Å². The molecule has 0 bridgehead atoms. The summed E-state index contributed by atoms with van der Waals surface area (Å²) < 4.78 is 10.3.